The number of amides is 1. The average Bonchev–Trinajstić information content (AvgIpc) is 3.15. The summed E-state index contributed by atoms with van der Waals surface area (Å²) in [5.41, 5.74) is 3.21. The van der Waals surface area contributed by atoms with E-state index in [1.54, 1.807) is 36.0 Å². The van der Waals surface area contributed by atoms with Crippen molar-refractivity contribution in [3.05, 3.63) is 59.7 Å². The first-order chi connectivity index (χ1) is 14.5. The molecule has 30 heavy (non-hydrogen) atoms. The van der Waals surface area contributed by atoms with Gasteiger partial charge >= 0.3 is 0 Å². The fourth-order valence-corrected chi connectivity index (χ4v) is 3.27. The number of aromatic nitrogens is 4. The molecule has 152 valence electrons. The normalized spacial score (nSPS) is 17.8. The molecule has 1 amide bonds. The molecule has 1 N–H and O–H groups in total. The maximum Gasteiger partial charge on any atom is 0.259 e. The summed E-state index contributed by atoms with van der Waals surface area (Å²) >= 11 is 0. The Labute approximate surface area is 170 Å². The maximum absolute atomic E-state index is 13.2. The van der Waals surface area contributed by atoms with Gasteiger partial charge in [-0.2, -0.15) is 10.1 Å². The first kappa shape index (κ1) is 18.3. The second-order valence-electron chi connectivity index (χ2n) is 7.25. The van der Waals surface area contributed by atoms with E-state index in [1.165, 1.54) is 6.20 Å². The Kier molecular flexibility index (Phi) is 4.23. The van der Waals surface area contributed by atoms with Crippen molar-refractivity contribution in [1.82, 2.24) is 19.8 Å². The van der Waals surface area contributed by atoms with Crippen LogP contribution in [0.25, 0.3) is 16.9 Å². The Hall–Kier alpha value is -3.75. The van der Waals surface area contributed by atoms with Crippen LogP contribution in [0.1, 0.15) is 34.2 Å². The lowest BCUT2D eigenvalue weighted by atomic mass is 10.1. The second kappa shape index (κ2) is 6.94. The van der Waals surface area contributed by atoms with Crippen LogP contribution in [-0.4, -0.2) is 38.9 Å². The van der Waals surface area contributed by atoms with Crippen LogP contribution in [0.3, 0.4) is 0 Å². The van der Waals surface area contributed by atoms with Crippen LogP contribution in [0.15, 0.2) is 47.2 Å². The van der Waals surface area contributed by atoms with Crippen molar-refractivity contribution in [1.29, 1.82) is 0 Å². The van der Waals surface area contributed by atoms with Crippen LogP contribution in [0.2, 0.25) is 0 Å². The molecule has 1 saturated carbocycles. The first-order valence-electron chi connectivity index (χ1n) is 9.45. The maximum atomic E-state index is 13.2. The predicted molar refractivity (Wildman–Crippen MR) is 106 cm³/mol. The number of ether oxygens (including phenoxy) is 1. The standard InChI is InChI=1S/C21H18FN5O3/c1-11-3-4-12(19-25-21(30-26-19)14-9-16(14)22)7-17(11)24-20(28)15-10-23-27-6-5-13(29-2)8-18(15)27/h3-8,10,14,16H,9H2,1-2H3,(H,24,28)/t14-,16-/m0/s1. The molecule has 0 saturated heterocycles. The topological polar surface area (TPSA) is 94.6 Å². The molecule has 0 bridgehead atoms. The quantitative estimate of drug-likeness (QED) is 0.541. The third-order valence-electron chi connectivity index (χ3n) is 5.19. The zero-order chi connectivity index (χ0) is 20.8. The summed E-state index contributed by atoms with van der Waals surface area (Å²) < 4.78 is 25.3. The van der Waals surface area contributed by atoms with Crippen LogP contribution in [0.5, 0.6) is 5.75 Å². The van der Waals surface area contributed by atoms with Crippen molar-refractivity contribution in [3.63, 3.8) is 0 Å². The van der Waals surface area contributed by atoms with Crippen molar-refractivity contribution < 1.29 is 18.4 Å². The van der Waals surface area contributed by atoms with Gasteiger partial charge in [0.25, 0.3) is 5.91 Å². The zero-order valence-corrected chi connectivity index (χ0v) is 16.3. The minimum Gasteiger partial charge on any atom is -0.497 e. The van der Waals surface area contributed by atoms with E-state index in [-0.39, 0.29) is 11.8 Å². The zero-order valence-electron chi connectivity index (χ0n) is 16.3. The van der Waals surface area contributed by atoms with Crippen molar-refractivity contribution in [2.75, 3.05) is 12.4 Å². The molecule has 3 heterocycles. The Bertz CT molecular complexity index is 1260. The lowest BCUT2D eigenvalue weighted by molar-refractivity contribution is 0.102. The summed E-state index contributed by atoms with van der Waals surface area (Å²) in [7, 11) is 1.57. The number of pyridine rings is 1. The molecular formula is C21H18FN5O3. The van der Waals surface area contributed by atoms with Crippen LogP contribution in [0.4, 0.5) is 10.1 Å². The van der Waals surface area contributed by atoms with Crippen LogP contribution in [-0.2, 0) is 0 Å². The Morgan fingerprint density at radius 2 is 2.17 bits per heavy atom. The van der Waals surface area contributed by atoms with Gasteiger partial charge in [-0.1, -0.05) is 17.3 Å². The molecule has 0 spiro atoms. The van der Waals surface area contributed by atoms with Crippen LogP contribution >= 0.6 is 0 Å². The lowest BCUT2D eigenvalue weighted by Gasteiger charge is -2.09. The van der Waals surface area contributed by atoms with Gasteiger partial charge in [0.15, 0.2) is 0 Å². The van der Waals surface area contributed by atoms with Crippen molar-refractivity contribution >= 4 is 17.1 Å². The Morgan fingerprint density at radius 3 is 2.93 bits per heavy atom. The average molecular weight is 407 g/mol. The summed E-state index contributed by atoms with van der Waals surface area (Å²) in [6.07, 6.45) is 2.75. The molecule has 9 heteroatoms. The molecule has 8 nitrogen and oxygen atoms in total. The monoisotopic (exact) mass is 407 g/mol. The largest absolute Gasteiger partial charge is 0.497 e. The number of carbonyl (C=O) groups is 1. The number of nitrogens with zero attached hydrogens (tertiary/aromatic N) is 4. The van der Waals surface area contributed by atoms with Gasteiger partial charge in [-0.25, -0.2) is 8.91 Å². The van der Waals surface area contributed by atoms with Gasteiger partial charge < -0.3 is 14.6 Å². The number of halogens is 1. The molecule has 0 unspecified atom stereocenters. The van der Waals surface area contributed by atoms with Crippen molar-refractivity contribution in [2.45, 2.75) is 25.4 Å². The smallest absolute Gasteiger partial charge is 0.259 e. The molecule has 5 rings (SSSR count). The summed E-state index contributed by atoms with van der Waals surface area (Å²) in [6, 6.07) is 8.98. The van der Waals surface area contributed by atoms with E-state index in [0.717, 1.165) is 5.56 Å². The van der Waals surface area contributed by atoms with Crippen molar-refractivity contribution in [2.24, 2.45) is 0 Å². The van der Waals surface area contributed by atoms with E-state index >= 15 is 0 Å². The number of hydrogen-bond acceptors (Lipinski definition) is 6. The third kappa shape index (κ3) is 3.18. The molecule has 1 aromatic carbocycles. The Balaban J connectivity index is 1.43. The van der Waals surface area contributed by atoms with Gasteiger partial charge in [-0.05, 0) is 31.0 Å². The molecule has 4 aromatic rings. The SMILES string of the molecule is COc1ccn2ncc(C(=O)Nc3cc(-c4noc([C@H]5C[C@@H]5F)n4)ccc3C)c2c1. The Morgan fingerprint density at radius 1 is 1.33 bits per heavy atom. The third-order valence-corrected chi connectivity index (χ3v) is 5.19. The van der Waals surface area contributed by atoms with Crippen LogP contribution < -0.4 is 10.1 Å². The summed E-state index contributed by atoms with van der Waals surface area (Å²) in [4.78, 5) is 17.2. The number of anilines is 1. The molecule has 3 aromatic heterocycles. The highest BCUT2D eigenvalue weighted by atomic mass is 19.1. The van der Waals surface area contributed by atoms with Gasteiger partial charge in [0, 0.05) is 23.5 Å². The molecule has 1 aliphatic carbocycles. The number of nitrogens with one attached hydrogen (secondary N) is 1. The number of alkyl halides is 1. The van der Waals surface area contributed by atoms with Gasteiger partial charge in [0.1, 0.15) is 11.9 Å². The fraction of sp³-hybridized carbons (Fsp3) is 0.238. The van der Waals surface area contributed by atoms with E-state index in [0.29, 0.717) is 46.2 Å². The number of rotatable bonds is 5. The van der Waals surface area contributed by atoms with E-state index in [1.807, 2.05) is 19.1 Å². The van der Waals surface area contributed by atoms with Crippen LogP contribution in [0, 0.1) is 6.92 Å². The summed E-state index contributed by atoms with van der Waals surface area (Å²) in [5.74, 6) is 0.702. The minimum atomic E-state index is -0.907. The van der Waals surface area contributed by atoms with Gasteiger partial charge in [0.2, 0.25) is 11.7 Å². The second-order valence-corrected chi connectivity index (χ2v) is 7.25. The molecule has 0 aliphatic heterocycles. The molecule has 1 aliphatic rings. The molecule has 1 fully saturated rings. The minimum absolute atomic E-state index is 0.300. The highest BCUT2D eigenvalue weighted by Gasteiger charge is 2.43. The highest BCUT2D eigenvalue weighted by molar-refractivity contribution is 6.09. The number of methoxy groups -OCH3 is 1. The predicted octanol–water partition coefficient (Wildman–Crippen LogP) is 3.78. The van der Waals surface area contributed by atoms with E-state index in [9.17, 15) is 9.18 Å². The number of fused-ring (bicyclic) bond motifs is 1. The van der Waals surface area contributed by atoms with Gasteiger partial charge in [-0.15, -0.1) is 0 Å². The number of aryl methyl sites for hydroxylation is 1. The molecule has 0 radical (unpaired) electrons. The van der Waals surface area contributed by atoms with Crippen molar-refractivity contribution in [3.8, 4) is 17.1 Å². The van der Waals surface area contributed by atoms with Gasteiger partial charge in [-0.3, -0.25) is 4.79 Å². The van der Waals surface area contributed by atoms with E-state index < -0.39 is 6.17 Å². The number of benzene rings is 1. The molecular weight excluding hydrogens is 389 g/mol. The number of hydrogen-bond donors (Lipinski definition) is 1. The highest BCUT2D eigenvalue weighted by Crippen LogP contribution is 2.43. The van der Waals surface area contributed by atoms with Gasteiger partial charge in [0.05, 0.1) is 30.3 Å². The first-order valence-corrected chi connectivity index (χ1v) is 9.45. The summed E-state index contributed by atoms with van der Waals surface area (Å²) in [5, 5.41) is 11.1. The lowest BCUT2D eigenvalue weighted by Crippen LogP contribution is -2.12. The van der Waals surface area contributed by atoms with E-state index in [4.69, 9.17) is 9.26 Å². The van der Waals surface area contributed by atoms with E-state index in [2.05, 4.69) is 20.6 Å². The fourth-order valence-electron chi connectivity index (χ4n) is 3.27. The number of carbonyl (C=O) groups excluding carboxylic acids is 1. The molecule has 2 atom stereocenters. The summed E-state index contributed by atoms with van der Waals surface area (Å²) in [6.45, 7) is 1.89.